The van der Waals surface area contributed by atoms with E-state index in [0.29, 0.717) is 29.7 Å². The Morgan fingerprint density at radius 2 is 1.61 bits per heavy atom. The Kier molecular flexibility index (Phi) is 10.5. The first-order valence-electron chi connectivity index (χ1n) is 7.29. The van der Waals surface area contributed by atoms with Gasteiger partial charge in [-0.25, -0.2) is 0 Å². The predicted octanol–water partition coefficient (Wildman–Crippen LogP) is 2.65. The molecule has 0 aliphatic carbocycles. The predicted molar refractivity (Wildman–Crippen MR) is 105 cm³/mol. The minimum Gasteiger partial charge on any atom is -0.496 e. The SMILES string of the molecule is CN=C(NCc1c(OC)cc(OC)cc1OC)NCC(C)C.I. The Bertz CT molecular complexity index is 482. The largest absolute Gasteiger partial charge is 0.496 e. The molecule has 0 aromatic heterocycles. The number of rotatable bonds is 7. The van der Waals surface area contributed by atoms with Crippen molar-refractivity contribution in [2.75, 3.05) is 34.9 Å². The summed E-state index contributed by atoms with van der Waals surface area (Å²) < 4.78 is 16.1. The molecule has 0 atom stereocenters. The normalized spacial score (nSPS) is 10.8. The van der Waals surface area contributed by atoms with Gasteiger partial charge in [0.1, 0.15) is 17.2 Å². The van der Waals surface area contributed by atoms with Crippen molar-refractivity contribution < 1.29 is 14.2 Å². The van der Waals surface area contributed by atoms with E-state index in [0.717, 1.165) is 18.1 Å². The fourth-order valence-corrected chi connectivity index (χ4v) is 1.95. The average Bonchev–Trinajstić information content (AvgIpc) is 2.54. The third-order valence-corrected chi connectivity index (χ3v) is 3.15. The number of aliphatic imine (C=N–C) groups is 1. The van der Waals surface area contributed by atoms with Crippen LogP contribution in [-0.4, -0.2) is 40.9 Å². The molecule has 132 valence electrons. The van der Waals surface area contributed by atoms with E-state index in [2.05, 4.69) is 29.5 Å². The lowest BCUT2D eigenvalue weighted by molar-refractivity contribution is 0.368. The van der Waals surface area contributed by atoms with Gasteiger partial charge in [-0.3, -0.25) is 4.99 Å². The second-order valence-electron chi connectivity index (χ2n) is 5.21. The number of ether oxygens (including phenoxy) is 3. The van der Waals surface area contributed by atoms with Gasteiger partial charge in [0.15, 0.2) is 5.96 Å². The summed E-state index contributed by atoms with van der Waals surface area (Å²) in [5.74, 6) is 3.41. The molecule has 0 amide bonds. The van der Waals surface area contributed by atoms with Crippen molar-refractivity contribution in [3.8, 4) is 17.2 Å². The highest BCUT2D eigenvalue weighted by Gasteiger charge is 2.13. The van der Waals surface area contributed by atoms with Crippen LogP contribution in [0, 0.1) is 5.92 Å². The van der Waals surface area contributed by atoms with Crippen molar-refractivity contribution in [3.05, 3.63) is 17.7 Å². The van der Waals surface area contributed by atoms with Gasteiger partial charge >= 0.3 is 0 Å². The molecule has 7 heteroatoms. The van der Waals surface area contributed by atoms with E-state index in [9.17, 15) is 0 Å². The zero-order valence-electron chi connectivity index (χ0n) is 14.7. The van der Waals surface area contributed by atoms with Gasteiger partial charge in [-0.1, -0.05) is 13.8 Å². The fraction of sp³-hybridized carbons (Fsp3) is 0.562. The van der Waals surface area contributed by atoms with Gasteiger partial charge in [0.05, 0.1) is 33.4 Å². The highest BCUT2D eigenvalue weighted by molar-refractivity contribution is 14.0. The third kappa shape index (κ3) is 6.72. The Labute approximate surface area is 156 Å². The highest BCUT2D eigenvalue weighted by Crippen LogP contribution is 2.33. The first-order valence-corrected chi connectivity index (χ1v) is 7.29. The molecule has 0 aliphatic rings. The first-order chi connectivity index (χ1) is 10.5. The van der Waals surface area contributed by atoms with Gasteiger partial charge in [-0.05, 0) is 5.92 Å². The van der Waals surface area contributed by atoms with Crippen molar-refractivity contribution in [2.24, 2.45) is 10.9 Å². The summed E-state index contributed by atoms with van der Waals surface area (Å²) in [5, 5.41) is 6.54. The van der Waals surface area contributed by atoms with Crippen LogP contribution in [0.3, 0.4) is 0 Å². The van der Waals surface area contributed by atoms with E-state index in [1.807, 2.05) is 12.1 Å². The molecule has 1 rings (SSSR count). The standard InChI is InChI=1S/C16H27N3O3.HI/c1-11(2)9-18-16(17-3)19-10-13-14(21-5)7-12(20-4)8-15(13)22-6;/h7-8,11H,9-10H2,1-6H3,(H2,17,18,19);1H. The van der Waals surface area contributed by atoms with Crippen LogP contribution in [-0.2, 0) is 6.54 Å². The lowest BCUT2D eigenvalue weighted by Gasteiger charge is -2.17. The lowest BCUT2D eigenvalue weighted by atomic mass is 10.1. The quantitative estimate of drug-likeness (QED) is 0.390. The van der Waals surface area contributed by atoms with E-state index in [4.69, 9.17) is 14.2 Å². The number of hydrogen-bond acceptors (Lipinski definition) is 4. The van der Waals surface area contributed by atoms with Crippen molar-refractivity contribution in [1.82, 2.24) is 10.6 Å². The molecule has 0 aliphatic heterocycles. The maximum Gasteiger partial charge on any atom is 0.191 e. The molecule has 1 aromatic carbocycles. The summed E-state index contributed by atoms with van der Waals surface area (Å²) in [6.07, 6.45) is 0. The zero-order chi connectivity index (χ0) is 16.5. The molecule has 0 unspecified atom stereocenters. The molecule has 0 bridgehead atoms. The maximum atomic E-state index is 5.43. The molecule has 1 aromatic rings. The average molecular weight is 437 g/mol. The molecule has 6 nitrogen and oxygen atoms in total. The van der Waals surface area contributed by atoms with E-state index in [1.54, 1.807) is 28.4 Å². The second-order valence-corrected chi connectivity index (χ2v) is 5.21. The molecule has 2 N–H and O–H groups in total. The second kappa shape index (κ2) is 11.2. The molecule has 0 spiro atoms. The van der Waals surface area contributed by atoms with Crippen molar-refractivity contribution in [3.63, 3.8) is 0 Å². The number of halogens is 1. The van der Waals surface area contributed by atoms with Crippen LogP contribution in [0.5, 0.6) is 17.2 Å². The highest BCUT2D eigenvalue weighted by atomic mass is 127. The smallest absolute Gasteiger partial charge is 0.191 e. The lowest BCUT2D eigenvalue weighted by Crippen LogP contribution is -2.38. The number of nitrogens with zero attached hydrogens (tertiary/aromatic N) is 1. The topological polar surface area (TPSA) is 64.1 Å². The first kappa shape index (κ1) is 21.6. The Morgan fingerprint density at radius 1 is 1.04 bits per heavy atom. The van der Waals surface area contributed by atoms with Crippen LogP contribution in [0.2, 0.25) is 0 Å². The number of nitrogens with one attached hydrogen (secondary N) is 2. The van der Waals surface area contributed by atoms with Crippen LogP contribution >= 0.6 is 24.0 Å². The number of benzene rings is 1. The van der Waals surface area contributed by atoms with E-state index in [-0.39, 0.29) is 24.0 Å². The zero-order valence-corrected chi connectivity index (χ0v) is 17.1. The summed E-state index contributed by atoms with van der Waals surface area (Å²) in [6, 6.07) is 3.67. The summed E-state index contributed by atoms with van der Waals surface area (Å²) in [4.78, 5) is 4.21. The van der Waals surface area contributed by atoms with Gasteiger partial charge in [0, 0.05) is 25.7 Å². The van der Waals surface area contributed by atoms with Crippen LogP contribution in [0.15, 0.2) is 17.1 Å². The van der Waals surface area contributed by atoms with Gasteiger partial charge in [0.2, 0.25) is 0 Å². The Morgan fingerprint density at radius 3 is 2.00 bits per heavy atom. The summed E-state index contributed by atoms with van der Waals surface area (Å²) in [7, 11) is 6.62. The molecule has 0 saturated heterocycles. The maximum absolute atomic E-state index is 5.43. The van der Waals surface area contributed by atoms with Crippen LogP contribution < -0.4 is 24.8 Å². The summed E-state index contributed by atoms with van der Waals surface area (Å²) in [5.41, 5.74) is 0.915. The monoisotopic (exact) mass is 437 g/mol. The van der Waals surface area contributed by atoms with Crippen molar-refractivity contribution >= 4 is 29.9 Å². The van der Waals surface area contributed by atoms with Gasteiger partial charge < -0.3 is 24.8 Å². The van der Waals surface area contributed by atoms with Gasteiger partial charge in [0.25, 0.3) is 0 Å². The van der Waals surface area contributed by atoms with Crippen LogP contribution in [0.1, 0.15) is 19.4 Å². The van der Waals surface area contributed by atoms with E-state index < -0.39 is 0 Å². The van der Waals surface area contributed by atoms with E-state index in [1.165, 1.54) is 0 Å². The molecular weight excluding hydrogens is 409 g/mol. The minimum atomic E-state index is 0. The molecule has 0 saturated carbocycles. The van der Waals surface area contributed by atoms with Crippen molar-refractivity contribution in [1.29, 1.82) is 0 Å². The number of methoxy groups -OCH3 is 3. The fourth-order valence-electron chi connectivity index (χ4n) is 1.95. The molecule has 0 heterocycles. The molecule has 23 heavy (non-hydrogen) atoms. The molecule has 0 fully saturated rings. The van der Waals surface area contributed by atoms with Gasteiger partial charge in [-0.2, -0.15) is 0 Å². The minimum absolute atomic E-state index is 0. The summed E-state index contributed by atoms with van der Waals surface area (Å²) >= 11 is 0. The van der Waals surface area contributed by atoms with Crippen LogP contribution in [0.4, 0.5) is 0 Å². The van der Waals surface area contributed by atoms with Crippen LogP contribution in [0.25, 0.3) is 0 Å². The third-order valence-electron chi connectivity index (χ3n) is 3.15. The molecule has 0 radical (unpaired) electrons. The van der Waals surface area contributed by atoms with Crippen molar-refractivity contribution in [2.45, 2.75) is 20.4 Å². The molecular formula is C16H28IN3O3. The summed E-state index contributed by atoms with van der Waals surface area (Å²) in [6.45, 7) is 5.69. The Balaban J connectivity index is 0.00000484. The van der Waals surface area contributed by atoms with Gasteiger partial charge in [-0.15, -0.1) is 24.0 Å². The Hall–Kier alpha value is -1.38. The number of guanidine groups is 1. The number of hydrogen-bond donors (Lipinski definition) is 2. The van der Waals surface area contributed by atoms with E-state index >= 15 is 0 Å².